The number of allylic oxidation sites excluding steroid dienone is 4. The molecule has 17 heavy (non-hydrogen) atoms. The van der Waals surface area contributed by atoms with Crippen molar-refractivity contribution in [3.05, 3.63) is 34.9 Å². The van der Waals surface area contributed by atoms with Gasteiger partial charge in [0.15, 0.2) is 0 Å². The molecule has 1 aliphatic carbocycles. The van der Waals surface area contributed by atoms with Crippen molar-refractivity contribution in [1.82, 2.24) is 0 Å². The summed E-state index contributed by atoms with van der Waals surface area (Å²) >= 11 is 0. The van der Waals surface area contributed by atoms with E-state index >= 15 is 0 Å². The average molecular weight is 234 g/mol. The van der Waals surface area contributed by atoms with E-state index in [-0.39, 0.29) is 0 Å². The molecule has 0 aliphatic heterocycles. The van der Waals surface area contributed by atoms with Crippen molar-refractivity contribution in [3.63, 3.8) is 0 Å². The van der Waals surface area contributed by atoms with E-state index in [2.05, 4.69) is 19.1 Å². The van der Waals surface area contributed by atoms with E-state index < -0.39 is 6.10 Å². The van der Waals surface area contributed by atoms with Crippen molar-refractivity contribution < 1.29 is 9.90 Å². The van der Waals surface area contributed by atoms with E-state index in [0.29, 0.717) is 12.0 Å². The third-order valence-electron chi connectivity index (χ3n) is 3.05. The van der Waals surface area contributed by atoms with Crippen molar-refractivity contribution in [1.29, 1.82) is 0 Å². The number of carbonyl (C=O) groups is 1. The number of hydrogen-bond donors (Lipinski definition) is 1. The Bertz CT molecular complexity index is 348. The monoisotopic (exact) mass is 234 g/mol. The summed E-state index contributed by atoms with van der Waals surface area (Å²) in [5, 5.41) is 9.83. The van der Waals surface area contributed by atoms with Crippen LogP contribution in [0.4, 0.5) is 0 Å². The number of carbonyl (C=O) groups excluding carboxylic acids is 1. The average Bonchev–Trinajstić information content (AvgIpc) is 2.26. The molecule has 2 nitrogen and oxygen atoms in total. The molecule has 0 heterocycles. The van der Waals surface area contributed by atoms with Crippen molar-refractivity contribution in [2.75, 3.05) is 0 Å². The Morgan fingerprint density at radius 2 is 1.82 bits per heavy atom. The van der Waals surface area contributed by atoms with Gasteiger partial charge in [0, 0.05) is 0 Å². The second-order valence-electron chi connectivity index (χ2n) is 4.81. The molecule has 94 valence electrons. The maximum absolute atomic E-state index is 10.9. The van der Waals surface area contributed by atoms with Crippen LogP contribution in [0, 0.1) is 0 Å². The lowest BCUT2D eigenvalue weighted by Crippen LogP contribution is -2.05. The summed E-state index contributed by atoms with van der Waals surface area (Å²) in [5.41, 5.74) is 3.27. The van der Waals surface area contributed by atoms with Crippen molar-refractivity contribution in [3.8, 4) is 0 Å². The third kappa shape index (κ3) is 5.64. The fourth-order valence-electron chi connectivity index (χ4n) is 2.03. The van der Waals surface area contributed by atoms with Gasteiger partial charge in [-0.1, -0.05) is 23.3 Å². The van der Waals surface area contributed by atoms with Crippen molar-refractivity contribution in [2.45, 2.75) is 52.1 Å². The van der Waals surface area contributed by atoms with Crippen LogP contribution >= 0.6 is 0 Å². The molecule has 0 spiro atoms. The maximum atomic E-state index is 10.9. The van der Waals surface area contributed by atoms with Gasteiger partial charge in [0.1, 0.15) is 6.29 Å². The van der Waals surface area contributed by atoms with Crippen LogP contribution in [0.3, 0.4) is 0 Å². The van der Waals surface area contributed by atoms with Crippen LogP contribution in [-0.4, -0.2) is 17.5 Å². The van der Waals surface area contributed by atoms with Crippen LogP contribution in [0.25, 0.3) is 0 Å². The van der Waals surface area contributed by atoms with Gasteiger partial charge in [-0.25, -0.2) is 0 Å². The predicted molar refractivity (Wildman–Crippen MR) is 70.8 cm³/mol. The standard InChI is InChI=1S/C15H22O2/c1-12-5-3-7-13(2)9-15(17)10-14(11-16)8-4-6-12/h6-7,10-11,15,17H,3-5,8-9H2,1-2H3. The minimum Gasteiger partial charge on any atom is -0.389 e. The summed E-state index contributed by atoms with van der Waals surface area (Å²) in [6, 6.07) is 0. The Hall–Kier alpha value is -1.15. The second kappa shape index (κ2) is 7.23. The predicted octanol–water partition coefficient (Wildman–Crippen LogP) is 3.33. The Kier molecular flexibility index (Phi) is 5.92. The van der Waals surface area contributed by atoms with E-state index in [9.17, 15) is 9.90 Å². The number of aliphatic hydroxyl groups excluding tert-OH is 1. The highest BCUT2D eigenvalue weighted by Crippen LogP contribution is 2.16. The molecular formula is C15H22O2. The highest BCUT2D eigenvalue weighted by atomic mass is 16.3. The molecule has 0 aromatic rings. The quantitative estimate of drug-likeness (QED) is 0.558. The summed E-state index contributed by atoms with van der Waals surface area (Å²) in [4.78, 5) is 10.9. The molecule has 1 aliphatic rings. The Labute approximate surface area is 104 Å². The zero-order chi connectivity index (χ0) is 12.7. The largest absolute Gasteiger partial charge is 0.389 e. The van der Waals surface area contributed by atoms with Crippen LogP contribution < -0.4 is 0 Å². The summed E-state index contributed by atoms with van der Waals surface area (Å²) in [7, 11) is 0. The Balaban J connectivity index is 2.82. The van der Waals surface area contributed by atoms with Gasteiger partial charge in [0.2, 0.25) is 0 Å². The first-order valence-corrected chi connectivity index (χ1v) is 6.27. The lowest BCUT2D eigenvalue weighted by Gasteiger charge is -2.09. The zero-order valence-electron chi connectivity index (χ0n) is 10.8. The van der Waals surface area contributed by atoms with Gasteiger partial charge in [-0.2, -0.15) is 0 Å². The van der Waals surface area contributed by atoms with Crippen LogP contribution in [0.2, 0.25) is 0 Å². The molecule has 0 aromatic carbocycles. The van der Waals surface area contributed by atoms with Gasteiger partial charge in [-0.3, -0.25) is 4.79 Å². The van der Waals surface area contributed by atoms with Gasteiger partial charge < -0.3 is 5.11 Å². The highest BCUT2D eigenvalue weighted by Gasteiger charge is 2.05. The molecule has 0 bridgehead atoms. The van der Waals surface area contributed by atoms with Gasteiger partial charge in [-0.15, -0.1) is 0 Å². The van der Waals surface area contributed by atoms with Crippen LogP contribution in [0.5, 0.6) is 0 Å². The first-order chi connectivity index (χ1) is 8.11. The molecule has 2 heteroatoms. The topological polar surface area (TPSA) is 37.3 Å². The van der Waals surface area contributed by atoms with Gasteiger partial charge in [-0.05, 0) is 57.6 Å². The van der Waals surface area contributed by atoms with Crippen molar-refractivity contribution >= 4 is 6.29 Å². The number of aldehydes is 1. The third-order valence-corrected chi connectivity index (χ3v) is 3.05. The Morgan fingerprint density at radius 1 is 1.18 bits per heavy atom. The number of hydrogen-bond acceptors (Lipinski definition) is 2. The number of rotatable bonds is 1. The van der Waals surface area contributed by atoms with Gasteiger partial charge in [0.05, 0.1) is 6.10 Å². The molecule has 1 rings (SSSR count). The van der Waals surface area contributed by atoms with Gasteiger partial charge in [0.25, 0.3) is 0 Å². The molecule has 0 fully saturated rings. The second-order valence-corrected chi connectivity index (χ2v) is 4.81. The first kappa shape index (κ1) is 13.9. The van der Waals surface area contributed by atoms with Crippen LogP contribution in [0.1, 0.15) is 46.0 Å². The molecule has 0 saturated heterocycles. The Morgan fingerprint density at radius 3 is 2.53 bits per heavy atom. The maximum Gasteiger partial charge on any atom is 0.145 e. The molecule has 1 atom stereocenters. The minimum absolute atomic E-state index is 0.532. The zero-order valence-corrected chi connectivity index (χ0v) is 10.8. The van der Waals surface area contributed by atoms with Crippen molar-refractivity contribution in [2.24, 2.45) is 0 Å². The van der Waals surface area contributed by atoms with Crippen LogP contribution in [-0.2, 0) is 4.79 Å². The lowest BCUT2D eigenvalue weighted by molar-refractivity contribution is -0.105. The van der Waals surface area contributed by atoms with E-state index in [4.69, 9.17) is 0 Å². The van der Waals surface area contributed by atoms with E-state index in [1.165, 1.54) is 11.1 Å². The molecular weight excluding hydrogens is 212 g/mol. The van der Waals surface area contributed by atoms with E-state index in [1.807, 2.05) is 6.92 Å². The lowest BCUT2D eigenvalue weighted by atomic mass is 10.0. The smallest absolute Gasteiger partial charge is 0.145 e. The normalized spacial score (nSPS) is 23.7. The highest BCUT2D eigenvalue weighted by molar-refractivity contribution is 5.73. The summed E-state index contributed by atoms with van der Waals surface area (Å²) in [6.07, 6.45) is 10.7. The summed E-state index contributed by atoms with van der Waals surface area (Å²) in [5.74, 6) is 0. The molecule has 1 unspecified atom stereocenters. The first-order valence-electron chi connectivity index (χ1n) is 6.27. The summed E-state index contributed by atoms with van der Waals surface area (Å²) < 4.78 is 0. The molecule has 0 radical (unpaired) electrons. The summed E-state index contributed by atoms with van der Waals surface area (Å²) in [6.45, 7) is 4.16. The molecule has 0 amide bonds. The van der Waals surface area contributed by atoms with Crippen LogP contribution in [0.15, 0.2) is 34.9 Å². The fourth-order valence-corrected chi connectivity index (χ4v) is 2.03. The van der Waals surface area contributed by atoms with E-state index in [1.54, 1.807) is 6.08 Å². The molecule has 0 aromatic heterocycles. The van der Waals surface area contributed by atoms with E-state index in [0.717, 1.165) is 32.0 Å². The minimum atomic E-state index is -0.532. The number of aliphatic hydroxyl groups is 1. The molecule has 1 N–H and O–H groups in total. The molecule has 0 saturated carbocycles. The fraction of sp³-hybridized carbons (Fsp3) is 0.533. The van der Waals surface area contributed by atoms with Gasteiger partial charge >= 0.3 is 0 Å². The SMILES string of the molecule is CC1=CCCC(C=O)=CC(O)CC(C)=CCC1.